The first-order valence-corrected chi connectivity index (χ1v) is 14.2. The number of aryl methyl sites for hydroxylation is 2. The molecular formula is C25H40N4O4S. The van der Waals surface area contributed by atoms with E-state index in [1.807, 2.05) is 6.07 Å². The maximum Gasteiger partial charge on any atom is 0.223 e. The topological polar surface area (TPSA) is 109 Å². The highest BCUT2D eigenvalue weighted by Gasteiger charge is 2.39. The van der Waals surface area contributed by atoms with E-state index in [1.54, 1.807) is 0 Å². The van der Waals surface area contributed by atoms with Gasteiger partial charge in [-0.2, -0.15) is 4.72 Å². The maximum absolute atomic E-state index is 13.3. The Morgan fingerprint density at radius 1 is 1.09 bits per heavy atom. The molecule has 1 aliphatic carbocycles. The van der Waals surface area contributed by atoms with Crippen LogP contribution in [0.4, 0.5) is 0 Å². The third-order valence-electron chi connectivity index (χ3n) is 7.38. The fourth-order valence-corrected chi connectivity index (χ4v) is 7.38. The molecule has 4 rings (SSSR count). The van der Waals surface area contributed by atoms with Crippen LogP contribution in [0.3, 0.4) is 0 Å². The van der Waals surface area contributed by atoms with E-state index in [2.05, 4.69) is 60.5 Å². The number of hydrogen-bond acceptors (Lipinski definition) is 6. The van der Waals surface area contributed by atoms with Gasteiger partial charge in [0.25, 0.3) is 0 Å². The monoisotopic (exact) mass is 492 g/mol. The van der Waals surface area contributed by atoms with Crippen molar-refractivity contribution in [1.29, 1.82) is 0 Å². The van der Waals surface area contributed by atoms with Crippen molar-refractivity contribution in [3.63, 3.8) is 0 Å². The van der Waals surface area contributed by atoms with Gasteiger partial charge in [0.15, 0.2) is 0 Å². The zero-order valence-electron chi connectivity index (χ0n) is 20.8. The lowest BCUT2D eigenvalue weighted by molar-refractivity contribution is -0.127. The van der Waals surface area contributed by atoms with Crippen molar-refractivity contribution in [1.82, 2.24) is 20.7 Å². The van der Waals surface area contributed by atoms with Gasteiger partial charge in [-0.05, 0) is 62.1 Å². The van der Waals surface area contributed by atoms with Crippen molar-refractivity contribution >= 4 is 15.9 Å². The summed E-state index contributed by atoms with van der Waals surface area (Å²) in [5.74, 6) is 0.0751. The van der Waals surface area contributed by atoms with Crippen LogP contribution in [-0.4, -0.2) is 44.7 Å². The first-order chi connectivity index (χ1) is 16.1. The van der Waals surface area contributed by atoms with Gasteiger partial charge in [-0.15, -0.1) is 0 Å². The Bertz CT molecular complexity index is 963. The first kappa shape index (κ1) is 25.6. The molecule has 9 heteroatoms. The number of ether oxygens (including phenoxy) is 1. The highest BCUT2D eigenvalue weighted by atomic mass is 32.2. The van der Waals surface area contributed by atoms with Gasteiger partial charge in [0.05, 0.1) is 17.9 Å². The average molecular weight is 493 g/mol. The number of fused-ring (bicyclic) bond motifs is 4. The van der Waals surface area contributed by atoms with Crippen LogP contribution in [0.1, 0.15) is 75.1 Å². The minimum Gasteiger partial charge on any atom is -0.361 e. The molecule has 190 valence electrons. The second kappa shape index (κ2) is 10.6. The highest BCUT2D eigenvalue weighted by Crippen LogP contribution is 2.31. The van der Waals surface area contributed by atoms with Gasteiger partial charge in [0.1, 0.15) is 12.5 Å². The number of hydrogen-bond donors (Lipinski definition) is 4. The second-order valence-corrected chi connectivity index (χ2v) is 12.7. The summed E-state index contributed by atoms with van der Waals surface area (Å²) >= 11 is 0. The number of nitrogens with one attached hydrogen (secondary N) is 4. The number of amides is 1. The molecule has 3 fully saturated rings. The predicted octanol–water partition coefficient (Wildman–Crippen LogP) is 2.58. The van der Waals surface area contributed by atoms with Crippen molar-refractivity contribution in [2.75, 3.05) is 6.61 Å². The van der Waals surface area contributed by atoms with Crippen molar-refractivity contribution in [3.8, 4) is 0 Å². The van der Waals surface area contributed by atoms with Crippen molar-refractivity contribution in [2.24, 2.45) is 11.8 Å². The van der Waals surface area contributed by atoms with Gasteiger partial charge < -0.3 is 10.1 Å². The van der Waals surface area contributed by atoms with Gasteiger partial charge in [-0.25, -0.2) is 8.42 Å². The van der Waals surface area contributed by atoms with E-state index in [9.17, 15) is 13.2 Å². The Balaban J connectivity index is 1.64. The van der Waals surface area contributed by atoms with Crippen LogP contribution in [0.5, 0.6) is 0 Å². The summed E-state index contributed by atoms with van der Waals surface area (Å²) in [5.41, 5.74) is 3.51. The number of sulfonamides is 1. The molecule has 8 nitrogen and oxygen atoms in total. The predicted molar refractivity (Wildman–Crippen MR) is 132 cm³/mol. The fraction of sp³-hybridized carbons (Fsp3) is 0.720. The molecule has 1 aromatic rings. The summed E-state index contributed by atoms with van der Waals surface area (Å²) in [6.45, 7) is 8.82. The largest absolute Gasteiger partial charge is 0.361 e. The van der Waals surface area contributed by atoms with E-state index in [-0.39, 0.29) is 30.1 Å². The quantitative estimate of drug-likeness (QED) is 0.517. The Hall–Kier alpha value is -1.52. The lowest BCUT2D eigenvalue weighted by Crippen LogP contribution is -2.64. The van der Waals surface area contributed by atoms with E-state index in [1.165, 1.54) is 5.56 Å². The van der Waals surface area contributed by atoms with Gasteiger partial charge in [-0.1, -0.05) is 38.5 Å². The molecule has 2 saturated heterocycles. The molecule has 0 spiro atoms. The number of rotatable bonds is 3. The van der Waals surface area contributed by atoms with E-state index in [0.717, 1.165) is 30.4 Å². The van der Waals surface area contributed by atoms with Gasteiger partial charge in [0, 0.05) is 18.4 Å². The third kappa shape index (κ3) is 5.99. The molecule has 4 bridgehead atoms. The Labute approximate surface area is 204 Å². The summed E-state index contributed by atoms with van der Waals surface area (Å²) in [5, 5.41) is 9.38. The summed E-state index contributed by atoms with van der Waals surface area (Å²) in [7, 11) is -3.64. The second-order valence-electron chi connectivity index (χ2n) is 10.7. The summed E-state index contributed by atoms with van der Waals surface area (Å²) in [4.78, 5) is 13.1. The molecule has 1 amide bonds. The summed E-state index contributed by atoms with van der Waals surface area (Å²) in [6, 6.07) is 6.03. The van der Waals surface area contributed by atoms with Crippen molar-refractivity contribution in [3.05, 3.63) is 34.9 Å². The lowest BCUT2D eigenvalue weighted by atomic mass is 9.88. The number of carbonyl (C=O) groups excluding carboxylic acids is 1. The number of carbonyl (C=O) groups is 1. The van der Waals surface area contributed by atoms with Gasteiger partial charge in [0.2, 0.25) is 15.9 Å². The van der Waals surface area contributed by atoms with E-state index in [4.69, 9.17) is 4.74 Å². The zero-order chi connectivity index (χ0) is 24.5. The third-order valence-corrected chi connectivity index (χ3v) is 9.25. The van der Waals surface area contributed by atoms with Crippen LogP contribution in [0.2, 0.25) is 0 Å². The van der Waals surface area contributed by atoms with Crippen molar-refractivity contribution < 1.29 is 17.9 Å². The zero-order valence-corrected chi connectivity index (χ0v) is 21.6. The van der Waals surface area contributed by atoms with Crippen molar-refractivity contribution in [2.45, 2.75) is 96.1 Å². The molecule has 5 unspecified atom stereocenters. The molecule has 1 aromatic carbocycles. The van der Waals surface area contributed by atoms with Crippen LogP contribution >= 0.6 is 0 Å². The smallest absolute Gasteiger partial charge is 0.223 e. The molecule has 4 N–H and O–H groups in total. The van der Waals surface area contributed by atoms with E-state index < -0.39 is 21.6 Å². The Kier molecular flexibility index (Phi) is 7.99. The molecule has 2 aliphatic heterocycles. The van der Waals surface area contributed by atoms with Crippen LogP contribution in [0, 0.1) is 25.7 Å². The van der Waals surface area contributed by atoms with Crippen LogP contribution in [0.15, 0.2) is 18.2 Å². The molecule has 0 aromatic heterocycles. The SMILES string of the molecule is Cc1cccc(C)c1C1CC2NC(N1)NS(=O)(=O)C1CCCC(C1)C(=O)N[C@@H](CC(C)C)CO2. The fourth-order valence-electron chi connectivity index (χ4n) is 5.76. The summed E-state index contributed by atoms with van der Waals surface area (Å²) in [6.07, 6.45) is 2.84. The summed E-state index contributed by atoms with van der Waals surface area (Å²) < 4.78 is 35.8. The maximum atomic E-state index is 13.3. The minimum atomic E-state index is -3.64. The molecule has 3 aliphatic rings. The van der Waals surface area contributed by atoms with Crippen LogP contribution in [0.25, 0.3) is 0 Å². The average Bonchev–Trinajstić information content (AvgIpc) is 2.76. The lowest BCUT2D eigenvalue weighted by Gasteiger charge is -2.39. The normalized spacial score (nSPS) is 34.4. The van der Waals surface area contributed by atoms with Crippen LogP contribution in [-0.2, 0) is 19.6 Å². The minimum absolute atomic E-state index is 0.0455. The van der Waals surface area contributed by atoms with Gasteiger partial charge >= 0.3 is 0 Å². The Morgan fingerprint density at radius 3 is 2.53 bits per heavy atom. The standard InChI is InChI=1S/C25H40N4O4S/c1-15(2)11-19-14-33-22-13-21(23-16(3)7-5-8-17(23)4)27-25(28-22)29-34(31,32)20-10-6-9-18(12-20)24(30)26-19/h5,7-8,15,18-22,25,27-29H,6,9-14H2,1-4H3,(H,26,30)/t18?,19-,20?,21?,22?,25?/m0/s1. The molecular weight excluding hydrogens is 452 g/mol. The molecule has 1 saturated carbocycles. The molecule has 0 radical (unpaired) electrons. The van der Waals surface area contributed by atoms with E-state index in [0.29, 0.717) is 31.8 Å². The molecule has 2 heterocycles. The van der Waals surface area contributed by atoms with Crippen LogP contribution < -0.4 is 20.7 Å². The highest BCUT2D eigenvalue weighted by molar-refractivity contribution is 7.90. The first-order valence-electron chi connectivity index (χ1n) is 12.6. The Morgan fingerprint density at radius 2 is 1.82 bits per heavy atom. The van der Waals surface area contributed by atoms with Gasteiger partial charge in [-0.3, -0.25) is 15.4 Å². The number of benzene rings is 1. The van der Waals surface area contributed by atoms with E-state index >= 15 is 0 Å². The molecule has 6 atom stereocenters. The molecule has 34 heavy (non-hydrogen) atoms.